The molecule has 160 valence electrons. The molecule has 1 unspecified atom stereocenters. The van der Waals surface area contributed by atoms with E-state index in [-0.39, 0.29) is 17.8 Å². The van der Waals surface area contributed by atoms with Crippen LogP contribution in [0.3, 0.4) is 0 Å². The highest BCUT2D eigenvalue weighted by molar-refractivity contribution is 5.61. The van der Waals surface area contributed by atoms with Crippen LogP contribution in [0.15, 0.2) is 36.7 Å². The van der Waals surface area contributed by atoms with E-state index in [1.54, 1.807) is 18.3 Å². The van der Waals surface area contributed by atoms with Crippen molar-refractivity contribution in [2.75, 3.05) is 5.32 Å². The smallest absolute Gasteiger partial charge is 0.391 e. The quantitative estimate of drug-likeness (QED) is 0.643. The molecule has 0 saturated heterocycles. The van der Waals surface area contributed by atoms with Crippen LogP contribution < -0.4 is 5.32 Å². The number of aromatic nitrogens is 5. The maximum atomic E-state index is 12.9. The Balaban J connectivity index is 1.83. The number of aliphatic hydroxyl groups is 1. The molecule has 10 heteroatoms. The lowest BCUT2D eigenvalue weighted by Gasteiger charge is -2.25. The molecule has 0 aliphatic carbocycles. The van der Waals surface area contributed by atoms with Gasteiger partial charge in [-0.15, -0.1) is 5.10 Å². The van der Waals surface area contributed by atoms with Gasteiger partial charge in [-0.05, 0) is 42.2 Å². The standard InChI is InChI=1S/C20H23F3N6O/c1-12-7-14(15-10-29(28-27-15)11-16(30)19(2,3)4)25-18(8-12)26-17-9-13(5-6-24-17)20(21,22)23/h5-10,16,30H,11H2,1-4H3,(H,24,25,26). The van der Waals surface area contributed by atoms with E-state index in [2.05, 4.69) is 25.6 Å². The van der Waals surface area contributed by atoms with Crippen LogP contribution in [0.5, 0.6) is 0 Å². The van der Waals surface area contributed by atoms with Crippen molar-refractivity contribution in [2.24, 2.45) is 5.41 Å². The molecule has 0 radical (unpaired) electrons. The van der Waals surface area contributed by atoms with Gasteiger partial charge in [0.05, 0.1) is 30.1 Å². The van der Waals surface area contributed by atoms with Crippen molar-refractivity contribution in [3.8, 4) is 11.4 Å². The van der Waals surface area contributed by atoms with Gasteiger partial charge in [0.15, 0.2) is 0 Å². The molecule has 0 saturated carbocycles. The minimum Gasteiger partial charge on any atom is -0.391 e. The molecule has 1 atom stereocenters. The van der Waals surface area contributed by atoms with Gasteiger partial charge in [0.25, 0.3) is 0 Å². The Bertz CT molecular complexity index is 1030. The van der Waals surface area contributed by atoms with Gasteiger partial charge in [0, 0.05) is 6.20 Å². The van der Waals surface area contributed by atoms with Gasteiger partial charge in [0.1, 0.15) is 17.3 Å². The third kappa shape index (κ3) is 5.32. The number of aliphatic hydroxyl groups excluding tert-OH is 1. The number of halogens is 3. The third-order valence-corrected chi connectivity index (χ3v) is 4.47. The van der Waals surface area contributed by atoms with Gasteiger partial charge in [0.2, 0.25) is 0 Å². The van der Waals surface area contributed by atoms with Crippen LogP contribution in [0, 0.1) is 12.3 Å². The summed E-state index contributed by atoms with van der Waals surface area (Å²) < 4.78 is 40.3. The van der Waals surface area contributed by atoms with Crippen LogP contribution in [0.2, 0.25) is 0 Å². The summed E-state index contributed by atoms with van der Waals surface area (Å²) in [6.07, 6.45) is -2.31. The fraction of sp³-hybridized carbons (Fsp3) is 0.400. The number of nitrogens with zero attached hydrogens (tertiary/aromatic N) is 5. The zero-order chi connectivity index (χ0) is 22.1. The maximum absolute atomic E-state index is 12.9. The Morgan fingerprint density at radius 1 is 1.10 bits per heavy atom. The summed E-state index contributed by atoms with van der Waals surface area (Å²) in [4.78, 5) is 8.35. The first-order valence-electron chi connectivity index (χ1n) is 9.29. The second-order valence-corrected chi connectivity index (χ2v) is 8.18. The third-order valence-electron chi connectivity index (χ3n) is 4.47. The highest BCUT2D eigenvalue weighted by atomic mass is 19.4. The summed E-state index contributed by atoms with van der Waals surface area (Å²) in [5.74, 6) is 0.368. The molecule has 0 bridgehead atoms. The Labute approximate surface area is 172 Å². The van der Waals surface area contributed by atoms with E-state index in [9.17, 15) is 18.3 Å². The van der Waals surface area contributed by atoms with Crippen LogP contribution in [0.4, 0.5) is 24.8 Å². The Morgan fingerprint density at radius 2 is 1.83 bits per heavy atom. The van der Waals surface area contributed by atoms with E-state index in [1.165, 1.54) is 4.68 Å². The van der Waals surface area contributed by atoms with Crippen molar-refractivity contribution in [2.45, 2.75) is 46.5 Å². The summed E-state index contributed by atoms with van der Waals surface area (Å²) >= 11 is 0. The predicted octanol–water partition coefficient (Wildman–Crippen LogP) is 4.21. The Hall–Kier alpha value is -3.01. The van der Waals surface area contributed by atoms with Crippen molar-refractivity contribution < 1.29 is 18.3 Å². The van der Waals surface area contributed by atoms with E-state index in [0.717, 1.165) is 23.9 Å². The first-order chi connectivity index (χ1) is 13.9. The molecule has 7 nitrogen and oxygen atoms in total. The van der Waals surface area contributed by atoms with E-state index in [1.807, 2.05) is 27.7 Å². The number of hydrogen-bond donors (Lipinski definition) is 2. The number of anilines is 2. The average Bonchev–Trinajstić information content (AvgIpc) is 3.08. The summed E-state index contributed by atoms with van der Waals surface area (Å²) in [7, 11) is 0. The van der Waals surface area contributed by atoms with Crippen molar-refractivity contribution in [1.29, 1.82) is 0 Å². The first kappa shape index (κ1) is 21.7. The molecule has 0 aliphatic heterocycles. The minimum absolute atomic E-state index is 0.0332. The molecule has 0 amide bonds. The molecular formula is C20H23F3N6O. The van der Waals surface area contributed by atoms with E-state index >= 15 is 0 Å². The fourth-order valence-electron chi connectivity index (χ4n) is 2.63. The number of nitrogens with one attached hydrogen (secondary N) is 1. The minimum atomic E-state index is -4.46. The number of pyridine rings is 2. The lowest BCUT2D eigenvalue weighted by molar-refractivity contribution is -0.137. The van der Waals surface area contributed by atoms with E-state index in [4.69, 9.17) is 0 Å². The fourth-order valence-corrected chi connectivity index (χ4v) is 2.63. The largest absolute Gasteiger partial charge is 0.416 e. The molecule has 0 aliphatic rings. The lowest BCUT2D eigenvalue weighted by Crippen LogP contribution is -2.30. The highest BCUT2D eigenvalue weighted by Gasteiger charge is 2.30. The molecular weight excluding hydrogens is 397 g/mol. The number of alkyl halides is 3. The van der Waals surface area contributed by atoms with Gasteiger partial charge in [-0.25, -0.2) is 14.6 Å². The van der Waals surface area contributed by atoms with Gasteiger partial charge in [-0.3, -0.25) is 0 Å². The van der Waals surface area contributed by atoms with Crippen LogP contribution in [0.1, 0.15) is 31.9 Å². The second kappa shape index (κ2) is 8.02. The van der Waals surface area contributed by atoms with Gasteiger partial charge < -0.3 is 10.4 Å². The van der Waals surface area contributed by atoms with Crippen LogP contribution in [0.25, 0.3) is 11.4 Å². The number of rotatable bonds is 5. The monoisotopic (exact) mass is 420 g/mol. The summed E-state index contributed by atoms with van der Waals surface area (Å²) in [6.45, 7) is 7.90. The van der Waals surface area contributed by atoms with Gasteiger partial charge in [-0.1, -0.05) is 26.0 Å². The van der Waals surface area contributed by atoms with Crippen LogP contribution >= 0.6 is 0 Å². The lowest BCUT2D eigenvalue weighted by atomic mass is 9.89. The first-order valence-corrected chi connectivity index (χ1v) is 9.29. The van der Waals surface area contributed by atoms with Crippen LogP contribution in [-0.4, -0.2) is 36.2 Å². The Morgan fingerprint density at radius 3 is 2.50 bits per heavy atom. The summed E-state index contributed by atoms with van der Waals surface area (Å²) in [5, 5.41) is 21.2. The molecule has 0 aromatic carbocycles. The molecule has 30 heavy (non-hydrogen) atoms. The molecule has 3 heterocycles. The Kier molecular flexibility index (Phi) is 5.80. The molecule has 3 aromatic rings. The average molecular weight is 420 g/mol. The van der Waals surface area contributed by atoms with Crippen molar-refractivity contribution in [1.82, 2.24) is 25.0 Å². The van der Waals surface area contributed by atoms with E-state index < -0.39 is 17.8 Å². The second-order valence-electron chi connectivity index (χ2n) is 8.18. The number of hydrogen-bond acceptors (Lipinski definition) is 6. The molecule has 2 N–H and O–H groups in total. The molecule has 0 fully saturated rings. The topological polar surface area (TPSA) is 88.8 Å². The SMILES string of the molecule is Cc1cc(Nc2cc(C(F)(F)F)ccn2)nc(-c2cn(CC(O)C(C)(C)C)nn2)c1. The highest BCUT2D eigenvalue weighted by Crippen LogP contribution is 2.30. The maximum Gasteiger partial charge on any atom is 0.416 e. The van der Waals surface area contributed by atoms with Crippen LogP contribution in [-0.2, 0) is 12.7 Å². The van der Waals surface area contributed by atoms with Crippen molar-refractivity contribution in [3.63, 3.8) is 0 Å². The van der Waals surface area contributed by atoms with E-state index in [0.29, 0.717) is 17.2 Å². The summed E-state index contributed by atoms with van der Waals surface area (Å²) in [5.41, 5.74) is 0.718. The summed E-state index contributed by atoms with van der Waals surface area (Å²) in [6, 6.07) is 5.32. The molecule has 0 spiro atoms. The normalized spacial score (nSPS) is 13.3. The van der Waals surface area contributed by atoms with Gasteiger partial charge in [-0.2, -0.15) is 13.2 Å². The zero-order valence-corrected chi connectivity index (χ0v) is 17.1. The van der Waals surface area contributed by atoms with Crippen molar-refractivity contribution >= 4 is 11.6 Å². The van der Waals surface area contributed by atoms with Gasteiger partial charge >= 0.3 is 6.18 Å². The molecule has 3 rings (SSSR count). The van der Waals surface area contributed by atoms with Crippen molar-refractivity contribution in [3.05, 3.63) is 47.8 Å². The predicted molar refractivity (Wildman–Crippen MR) is 106 cm³/mol. The number of aryl methyl sites for hydroxylation is 1. The molecule has 3 aromatic heterocycles. The zero-order valence-electron chi connectivity index (χ0n) is 17.1.